The summed E-state index contributed by atoms with van der Waals surface area (Å²) in [4.78, 5) is 0. The molecule has 0 aliphatic carbocycles. The maximum Gasteiger partial charge on any atom is 0.586 e. The van der Waals surface area contributed by atoms with Crippen molar-refractivity contribution in [1.82, 2.24) is 0 Å². The number of hydrogen-bond donors (Lipinski definition) is 0. The second-order valence-electron chi connectivity index (χ2n) is 2.35. The molecular weight excluding hydrogens is 408 g/mol. The van der Waals surface area contributed by atoms with Crippen molar-refractivity contribution in [2.24, 2.45) is 0 Å². The Morgan fingerprint density at radius 2 is 1.38 bits per heavy atom. The van der Waals surface area contributed by atoms with Gasteiger partial charge in [-0.3, -0.25) is 0 Å². The second kappa shape index (κ2) is 3.07. The number of fused-ring (bicyclic) bond motifs is 1. The lowest BCUT2D eigenvalue weighted by molar-refractivity contribution is -0.287. The van der Waals surface area contributed by atoms with E-state index in [0.717, 1.165) is 0 Å². The molecule has 1 aliphatic heterocycles. The topological polar surface area (TPSA) is 18.5 Å². The smallest absolute Gasteiger partial charge is 0.394 e. The number of rotatable bonds is 0. The van der Waals surface area contributed by atoms with Gasteiger partial charge in [-0.25, -0.2) is 0 Å². The normalized spacial score (nSPS) is 17.5. The van der Waals surface area contributed by atoms with Crippen LogP contribution in [0.1, 0.15) is 0 Å². The van der Waals surface area contributed by atoms with Gasteiger partial charge in [0, 0.05) is 0 Å². The summed E-state index contributed by atoms with van der Waals surface area (Å²) in [5.74, 6) is 0.245. The van der Waals surface area contributed by atoms with Gasteiger partial charge < -0.3 is 9.47 Å². The van der Waals surface area contributed by atoms with Crippen molar-refractivity contribution in [3.05, 3.63) is 19.3 Å². The molecule has 1 aromatic carbocycles. The molecule has 0 aromatic heterocycles. The van der Waals surface area contributed by atoms with Crippen LogP contribution in [0.3, 0.4) is 0 Å². The van der Waals surface area contributed by atoms with Gasteiger partial charge in [-0.2, -0.15) is 0 Å². The maximum absolute atomic E-state index is 12.6. The molecule has 0 atom stereocenters. The fourth-order valence-electron chi connectivity index (χ4n) is 0.963. The Labute approximate surface area is 99.9 Å². The second-order valence-corrected chi connectivity index (χ2v) is 4.68. The van der Waals surface area contributed by atoms with E-state index in [1.54, 1.807) is 12.1 Å². The zero-order valence-corrected chi connectivity index (χ0v) is 10.3. The number of ether oxygens (including phenoxy) is 2. The van der Waals surface area contributed by atoms with E-state index in [9.17, 15) is 8.78 Å². The molecule has 2 rings (SSSR count). The first kappa shape index (κ1) is 9.69. The zero-order valence-electron chi connectivity index (χ0n) is 5.98. The van der Waals surface area contributed by atoms with Gasteiger partial charge >= 0.3 is 6.29 Å². The summed E-state index contributed by atoms with van der Waals surface area (Å²) < 4.78 is 35.2. The molecule has 0 N–H and O–H groups in total. The first-order chi connectivity index (χ1) is 5.99. The van der Waals surface area contributed by atoms with Crippen molar-refractivity contribution >= 4 is 45.2 Å². The van der Waals surface area contributed by atoms with Gasteiger partial charge in [0.05, 0.1) is 7.14 Å². The zero-order chi connectivity index (χ0) is 9.64. The largest absolute Gasteiger partial charge is 0.586 e. The van der Waals surface area contributed by atoms with Gasteiger partial charge in [0.25, 0.3) is 0 Å². The van der Waals surface area contributed by atoms with Gasteiger partial charge in [0.15, 0.2) is 11.5 Å². The van der Waals surface area contributed by atoms with E-state index in [1.807, 2.05) is 45.2 Å². The first-order valence-corrected chi connectivity index (χ1v) is 5.39. The number of halogens is 4. The van der Waals surface area contributed by atoms with Crippen molar-refractivity contribution in [3.8, 4) is 11.5 Å². The van der Waals surface area contributed by atoms with Crippen LogP contribution in [0.15, 0.2) is 12.1 Å². The van der Waals surface area contributed by atoms with Crippen molar-refractivity contribution < 1.29 is 18.3 Å². The fourth-order valence-corrected chi connectivity index (χ4v) is 2.03. The Bertz CT molecular complexity index is 335. The average Bonchev–Trinajstić information content (AvgIpc) is 2.35. The van der Waals surface area contributed by atoms with E-state index in [-0.39, 0.29) is 11.5 Å². The van der Waals surface area contributed by atoms with E-state index in [2.05, 4.69) is 9.47 Å². The molecular formula is C7H2F2I2O2. The Morgan fingerprint density at radius 1 is 1.00 bits per heavy atom. The monoisotopic (exact) mass is 410 g/mol. The van der Waals surface area contributed by atoms with E-state index >= 15 is 0 Å². The summed E-state index contributed by atoms with van der Waals surface area (Å²) in [6, 6.07) is 3.40. The SMILES string of the molecule is FC1(F)Oc2c(I)ccc(I)c2O1. The van der Waals surface area contributed by atoms with Gasteiger partial charge in [-0.1, -0.05) is 0 Å². The summed E-state index contributed by atoms with van der Waals surface area (Å²) in [5.41, 5.74) is 0. The van der Waals surface area contributed by atoms with Crippen LogP contribution >= 0.6 is 45.2 Å². The standard InChI is InChI=1S/C7H2F2I2O2/c8-7(9)12-5-3(10)1-2-4(11)6(5)13-7/h1-2H. The summed E-state index contributed by atoms with van der Waals surface area (Å²) in [5, 5.41) is 0. The van der Waals surface area contributed by atoms with Crippen LogP contribution in [0.2, 0.25) is 0 Å². The van der Waals surface area contributed by atoms with Gasteiger partial charge in [0.1, 0.15) is 0 Å². The Hall–Kier alpha value is 0.140. The Balaban J connectivity index is 2.56. The molecule has 0 fully saturated rings. The van der Waals surface area contributed by atoms with Crippen molar-refractivity contribution in [1.29, 1.82) is 0 Å². The van der Waals surface area contributed by atoms with Crippen LogP contribution in [-0.4, -0.2) is 6.29 Å². The minimum absolute atomic E-state index is 0.123. The molecule has 13 heavy (non-hydrogen) atoms. The molecule has 2 nitrogen and oxygen atoms in total. The van der Waals surface area contributed by atoms with Gasteiger partial charge in [0.2, 0.25) is 0 Å². The number of alkyl halides is 2. The lowest BCUT2D eigenvalue weighted by Crippen LogP contribution is -2.26. The highest BCUT2D eigenvalue weighted by Crippen LogP contribution is 2.46. The molecule has 70 valence electrons. The van der Waals surface area contributed by atoms with Crippen LogP contribution in [0.4, 0.5) is 8.78 Å². The Kier molecular flexibility index (Phi) is 2.29. The minimum Gasteiger partial charge on any atom is -0.394 e. The molecule has 1 aromatic rings. The summed E-state index contributed by atoms with van der Waals surface area (Å²) in [6.07, 6.45) is -3.52. The van der Waals surface area contributed by atoms with E-state index < -0.39 is 6.29 Å². The molecule has 0 spiro atoms. The van der Waals surface area contributed by atoms with Gasteiger partial charge in [-0.15, -0.1) is 8.78 Å². The number of benzene rings is 1. The third kappa shape index (κ3) is 1.69. The summed E-state index contributed by atoms with van der Waals surface area (Å²) in [6.45, 7) is 0. The highest BCUT2D eigenvalue weighted by atomic mass is 127. The predicted molar refractivity (Wildman–Crippen MR) is 58.1 cm³/mol. The Morgan fingerprint density at radius 3 is 1.77 bits per heavy atom. The van der Waals surface area contributed by atoms with Crippen LogP contribution < -0.4 is 9.47 Å². The number of hydrogen-bond acceptors (Lipinski definition) is 2. The lowest BCUT2D eigenvalue weighted by Gasteiger charge is -2.04. The molecule has 0 unspecified atom stereocenters. The van der Waals surface area contributed by atoms with Crippen LogP contribution in [0, 0.1) is 7.14 Å². The molecule has 0 amide bonds. The lowest BCUT2D eigenvalue weighted by atomic mass is 10.3. The summed E-state index contributed by atoms with van der Waals surface area (Å²) >= 11 is 3.84. The van der Waals surface area contributed by atoms with Crippen molar-refractivity contribution in [3.63, 3.8) is 0 Å². The third-order valence-corrected chi connectivity index (χ3v) is 3.16. The molecule has 1 aliphatic rings. The highest BCUT2D eigenvalue weighted by molar-refractivity contribution is 14.1. The van der Waals surface area contributed by atoms with Crippen LogP contribution in [0.5, 0.6) is 11.5 Å². The van der Waals surface area contributed by atoms with Crippen molar-refractivity contribution in [2.75, 3.05) is 0 Å². The van der Waals surface area contributed by atoms with Crippen LogP contribution in [-0.2, 0) is 0 Å². The molecule has 6 heteroatoms. The molecule has 1 heterocycles. The maximum atomic E-state index is 12.6. The predicted octanol–water partition coefficient (Wildman–Crippen LogP) is 3.22. The molecule has 0 saturated carbocycles. The first-order valence-electron chi connectivity index (χ1n) is 3.23. The average molecular weight is 410 g/mol. The van der Waals surface area contributed by atoms with Crippen molar-refractivity contribution in [2.45, 2.75) is 6.29 Å². The van der Waals surface area contributed by atoms with E-state index in [1.165, 1.54) is 0 Å². The molecule has 0 saturated heterocycles. The van der Waals surface area contributed by atoms with E-state index in [4.69, 9.17) is 0 Å². The molecule has 0 bridgehead atoms. The quantitative estimate of drug-likeness (QED) is 0.612. The van der Waals surface area contributed by atoms with Crippen LogP contribution in [0.25, 0.3) is 0 Å². The highest BCUT2D eigenvalue weighted by Gasteiger charge is 2.45. The summed E-state index contributed by atoms with van der Waals surface area (Å²) in [7, 11) is 0. The van der Waals surface area contributed by atoms with Gasteiger partial charge in [-0.05, 0) is 57.3 Å². The molecule has 0 radical (unpaired) electrons. The third-order valence-electron chi connectivity index (χ3n) is 1.46. The minimum atomic E-state index is -3.52. The fraction of sp³-hybridized carbons (Fsp3) is 0.143. The van der Waals surface area contributed by atoms with E-state index in [0.29, 0.717) is 7.14 Å².